The summed E-state index contributed by atoms with van der Waals surface area (Å²) in [5, 5.41) is 1.80. The number of hydrogen-bond acceptors (Lipinski definition) is 5. The van der Waals surface area contributed by atoms with Crippen LogP contribution in [0.3, 0.4) is 0 Å². The topological polar surface area (TPSA) is 59.8 Å². The van der Waals surface area contributed by atoms with Crippen LogP contribution in [0.5, 0.6) is 11.5 Å². The summed E-state index contributed by atoms with van der Waals surface area (Å²) < 4.78 is 10.3. The van der Waals surface area contributed by atoms with E-state index in [-0.39, 0.29) is 0 Å². The first-order chi connectivity index (χ1) is 7.08. The van der Waals surface area contributed by atoms with Crippen molar-refractivity contribution < 1.29 is 9.47 Å². The van der Waals surface area contributed by atoms with Gasteiger partial charge in [0, 0.05) is 26.2 Å². The minimum atomic E-state index is 0.612. The fourth-order valence-electron chi connectivity index (χ4n) is 1.23. The SMILES string of the molecule is COc1cc(N)c(NN(C)C)cc1OC. The summed E-state index contributed by atoms with van der Waals surface area (Å²) in [4.78, 5) is 0. The second-order valence-corrected chi connectivity index (χ2v) is 3.30. The monoisotopic (exact) mass is 211 g/mol. The Bertz CT molecular complexity index is 340. The molecule has 0 radical (unpaired) electrons. The molecule has 0 amide bonds. The molecule has 0 atom stereocenters. The van der Waals surface area contributed by atoms with E-state index in [2.05, 4.69) is 5.43 Å². The Hall–Kier alpha value is -1.62. The zero-order valence-corrected chi connectivity index (χ0v) is 9.50. The molecule has 84 valence electrons. The Labute approximate surface area is 89.7 Å². The smallest absolute Gasteiger partial charge is 0.162 e. The third kappa shape index (κ3) is 2.66. The number of hydrazine groups is 1. The first-order valence-electron chi connectivity index (χ1n) is 4.54. The molecule has 0 aliphatic heterocycles. The van der Waals surface area contributed by atoms with Crippen LogP contribution < -0.4 is 20.6 Å². The molecule has 0 saturated heterocycles. The summed E-state index contributed by atoms with van der Waals surface area (Å²) in [5.74, 6) is 1.27. The van der Waals surface area contributed by atoms with Gasteiger partial charge in [0.2, 0.25) is 0 Å². The highest BCUT2D eigenvalue weighted by Crippen LogP contribution is 2.34. The van der Waals surface area contributed by atoms with Crippen molar-refractivity contribution in [1.82, 2.24) is 5.01 Å². The van der Waals surface area contributed by atoms with Crippen LogP contribution in [0.15, 0.2) is 12.1 Å². The van der Waals surface area contributed by atoms with E-state index in [4.69, 9.17) is 15.2 Å². The summed E-state index contributed by atoms with van der Waals surface area (Å²) in [6, 6.07) is 3.53. The number of ether oxygens (including phenoxy) is 2. The van der Waals surface area contributed by atoms with Gasteiger partial charge >= 0.3 is 0 Å². The third-order valence-electron chi connectivity index (χ3n) is 1.90. The van der Waals surface area contributed by atoms with Gasteiger partial charge in [-0.05, 0) is 0 Å². The molecule has 15 heavy (non-hydrogen) atoms. The van der Waals surface area contributed by atoms with Crippen molar-refractivity contribution in [2.75, 3.05) is 39.5 Å². The first kappa shape index (κ1) is 11.5. The number of nitrogens with zero attached hydrogens (tertiary/aromatic N) is 1. The molecule has 0 unspecified atom stereocenters. The molecule has 1 aromatic rings. The largest absolute Gasteiger partial charge is 0.493 e. The lowest BCUT2D eigenvalue weighted by Crippen LogP contribution is -2.20. The Morgan fingerprint density at radius 1 is 1.13 bits per heavy atom. The van der Waals surface area contributed by atoms with Gasteiger partial charge in [0.05, 0.1) is 25.6 Å². The molecule has 0 saturated carbocycles. The standard InChI is InChI=1S/C10H17N3O2/c1-13(2)12-8-6-10(15-4)9(14-3)5-7(8)11/h5-6,12H,11H2,1-4H3. The highest BCUT2D eigenvalue weighted by Gasteiger charge is 2.08. The van der Waals surface area contributed by atoms with Crippen molar-refractivity contribution in [3.05, 3.63) is 12.1 Å². The van der Waals surface area contributed by atoms with Gasteiger partial charge in [-0.25, -0.2) is 5.01 Å². The molecular formula is C10H17N3O2. The highest BCUT2D eigenvalue weighted by atomic mass is 16.5. The van der Waals surface area contributed by atoms with Gasteiger partial charge in [-0.3, -0.25) is 0 Å². The number of anilines is 2. The number of methoxy groups -OCH3 is 2. The average molecular weight is 211 g/mol. The van der Waals surface area contributed by atoms with Gasteiger partial charge < -0.3 is 20.6 Å². The van der Waals surface area contributed by atoms with Gasteiger partial charge in [0.25, 0.3) is 0 Å². The van der Waals surface area contributed by atoms with Crippen LogP contribution in [0.4, 0.5) is 11.4 Å². The minimum absolute atomic E-state index is 0.612. The first-order valence-corrected chi connectivity index (χ1v) is 4.54. The summed E-state index contributed by atoms with van der Waals surface area (Å²) in [6.45, 7) is 0. The van der Waals surface area contributed by atoms with Gasteiger partial charge in [0.1, 0.15) is 0 Å². The lowest BCUT2D eigenvalue weighted by molar-refractivity contribution is 0.355. The van der Waals surface area contributed by atoms with Crippen molar-refractivity contribution in [2.45, 2.75) is 0 Å². The summed E-state index contributed by atoms with van der Waals surface area (Å²) in [6.07, 6.45) is 0. The van der Waals surface area contributed by atoms with Crippen molar-refractivity contribution in [3.8, 4) is 11.5 Å². The molecule has 3 N–H and O–H groups in total. The molecule has 5 heteroatoms. The van der Waals surface area contributed by atoms with Crippen LogP contribution in [0, 0.1) is 0 Å². The molecular weight excluding hydrogens is 194 g/mol. The molecule has 0 aliphatic carbocycles. The van der Waals surface area contributed by atoms with Crippen LogP contribution in [0.2, 0.25) is 0 Å². The van der Waals surface area contributed by atoms with E-state index in [9.17, 15) is 0 Å². The Morgan fingerprint density at radius 3 is 2.13 bits per heavy atom. The number of nitrogens with one attached hydrogen (secondary N) is 1. The molecule has 0 spiro atoms. The maximum atomic E-state index is 5.84. The van der Waals surface area contributed by atoms with Crippen LogP contribution in [-0.2, 0) is 0 Å². The quantitative estimate of drug-likeness (QED) is 0.578. The minimum Gasteiger partial charge on any atom is -0.493 e. The van der Waals surface area contributed by atoms with Crippen LogP contribution in [-0.4, -0.2) is 33.3 Å². The molecule has 1 aromatic carbocycles. The number of rotatable bonds is 4. The van der Waals surface area contributed by atoms with Gasteiger partial charge in [0.15, 0.2) is 11.5 Å². The number of hydrogen-bond donors (Lipinski definition) is 2. The average Bonchev–Trinajstić information content (AvgIpc) is 2.19. The van der Waals surface area contributed by atoms with E-state index in [1.807, 2.05) is 14.1 Å². The summed E-state index contributed by atoms with van der Waals surface area (Å²) in [7, 11) is 6.94. The van der Waals surface area contributed by atoms with Crippen LogP contribution in [0.1, 0.15) is 0 Å². The van der Waals surface area contributed by atoms with E-state index in [0.29, 0.717) is 17.2 Å². The molecule has 0 fully saturated rings. The van der Waals surface area contributed by atoms with E-state index in [0.717, 1.165) is 5.69 Å². The molecule has 0 aromatic heterocycles. The lowest BCUT2D eigenvalue weighted by Gasteiger charge is -2.17. The Balaban J connectivity index is 3.08. The second kappa shape index (κ2) is 4.75. The number of benzene rings is 1. The molecule has 1 rings (SSSR count). The second-order valence-electron chi connectivity index (χ2n) is 3.30. The maximum Gasteiger partial charge on any atom is 0.162 e. The summed E-state index contributed by atoms with van der Waals surface area (Å²) >= 11 is 0. The Kier molecular flexibility index (Phi) is 3.62. The predicted octanol–water partition coefficient (Wildman–Crippen LogP) is 1.17. The van der Waals surface area contributed by atoms with Crippen LogP contribution >= 0.6 is 0 Å². The number of nitrogen functional groups attached to an aromatic ring is 1. The molecule has 5 nitrogen and oxygen atoms in total. The normalized spacial score (nSPS) is 10.2. The van der Waals surface area contributed by atoms with E-state index < -0.39 is 0 Å². The molecule has 0 heterocycles. The van der Waals surface area contributed by atoms with Crippen molar-refractivity contribution >= 4 is 11.4 Å². The lowest BCUT2D eigenvalue weighted by atomic mass is 10.2. The highest BCUT2D eigenvalue weighted by molar-refractivity contribution is 5.71. The maximum absolute atomic E-state index is 5.84. The molecule has 0 bridgehead atoms. The van der Waals surface area contributed by atoms with Crippen molar-refractivity contribution in [3.63, 3.8) is 0 Å². The fraction of sp³-hybridized carbons (Fsp3) is 0.400. The van der Waals surface area contributed by atoms with Crippen molar-refractivity contribution in [2.24, 2.45) is 0 Å². The van der Waals surface area contributed by atoms with E-state index in [1.165, 1.54) is 0 Å². The molecule has 0 aliphatic rings. The fourth-order valence-corrected chi connectivity index (χ4v) is 1.23. The summed E-state index contributed by atoms with van der Waals surface area (Å²) in [5.41, 5.74) is 10.3. The van der Waals surface area contributed by atoms with Crippen LogP contribution in [0.25, 0.3) is 0 Å². The van der Waals surface area contributed by atoms with Gasteiger partial charge in [-0.15, -0.1) is 0 Å². The van der Waals surface area contributed by atoms with E-state index >= 15 is 0 Å². The van der Waals surface area contributed by atoms with Gasteiger partial charge in [-0.1, -0.05) is 0 Å². The van der Waals surface area contributed by atoms with E-state index in [1.54, 1.807) is 31.4 Å². The Morgan fingerprint density at radius 2 is 1.67 bits per heavy atom. The zero-order chi connectivity index (χ0) is 11.4. The van der Waals surface area contributed by atoms with Gasteiger partial charge in [-0.2, -0.15) is 0 Å². The van der Waals surface area contributed by atoms with Crippen molar-refractivity contribution in [1.29, 1.82) is 0 Å². The number of nitrogens with two attached hydrogens (primary N) is 1. The third-order valence-corrected chi connectivity index (χ3v) is 1.90. The predicted molar refractivity (Wildman–Crippen MR) is 61.3 cm³/mol. The zero-order valence-electron chi connectivity index (χ0n) is 9.50.